The molecule has 7 heteroatoms. The lowest BCUT2D eigenvalue weighted by Crippen LogP contribution is -2.39. The predicted octanol–water partition coefficient (Wildman–Crippen LogP) is 2.34. The Bertz CT molecular complexity index is 769. The van der Waals surface area contributed by atoms with Crippen molar-refractivity contribution in [1.29, 1.82) is 0 Å². The van der Waals surface area contributed by atoms with Gasteiger partial charge in [0.05, 0.1) is 10.9 Å². The van der Waals surface area contributed by atoms with Gasteiger partial charge in [0, 0.05) is 6.54 Å². The molecule has 1 aliphatic rings. The molecule has 0 amide bonds. The first-order chi connectivity index (χ1) is 10.5. The van der Waals surface area contributed by atoms with E-state index in [9.17, 15) is 8.42 Å². The summed E-state index contributed by atoms with van der Waals surface area (Å²) in [6.45, 7) is 4.15. The van der Waals surface area contributed by atoms with Gasteiger partial charge in [-0.25, -0.2) is 13.4 Å². The van der Waals surface area contributed by atoms with E-state index >= 15 is 0 Å². The summed E-state index contributed by atoms with van der Waals surface area (Å²) in [6, 6.07) is 6.81. The van der Waals surface area contributed by atoms with Crippen LogP contribution in [0.5, 0.6) is 0 Å². The number of piperidine rings is 1. The molecule has 2 heterocycles. The minimum absolute atomic E-state index is 0.289. The number of nitrogens with zero attached hydrogens (tertiary/aromatic N) is 3. The Balaban J connectivity index is 2.02. The zero-order valence-electron chi connectivity index (χ0n) is 12.8. The summed E-state index contributed by atoms with van der Waals surface area (Å²) in [4.78, 5) is 4.71. The quantitative estimate of drug-likeness (QED) is 0.941. The standard InChI is InChI=1S/C15H20N4O2S/c1-11-7-3-4-9-14(11)22(20,21)19-10-6-5-8-13(19)15-16-12(2)17-18-15/h3-4,7,9,13H,5-6,8,10H2,1-2H3,(H,16,17,18)/t13-/m0/s1. The molecule has 3 rings (SSSR count). The van der Waals surface area contributed by atoms with Crippen LogP contribution in [0.2, 0.25) is 0 Å². The summed E-state index contributed by atoms with van der Waals surface area (Å²) in [5.74, 6) is 1.27. The Hall–Kier alpha value is -1.73. The molecule has 1 atom stereocenters. The second-order valence-electron chi connectivity index (χ2n) is 5.67. The van der Waals surface area contributed by atoms with Crippen LogP contribution in [-0.2, 0) is 10.0 Å². The van der Waals surface area contributed by atoms with Crippen LogP contribution in [0.3, 0.4) is 0 Å². The van der Waals surface area contributed by atoms with Crippen LogP contribution in [0, 0.1) is 13.8 Å². The van der Waals surface area contributed by atoms with E-state index < -0.39 is 10.0 Å². The first-order valence-electron chi connectivity index (χ1n) is 7.46. The molecule has 0 radical (unpaired) electrons. The van der Waals surface area contributed by atoms with Crippen molar-refractivity contribution in [2.24, 2.45) is 0 Å². The molecule has 2 aromatic rings. The van der Waals surface area contributed by atoms with Crippen LogP contribution in [0.25, 0.3) is 0 Å². The Morgan fingerprint density at radius 2 is 2.00 bits per heavy atom. The normalized spacial score (nSPS) is 20.2. The molecular weight excluding hydrogens is 300 g/mol. The molecule has 0 unspecified atom stereocenters. The third-order valence-corrected chi connectivity index (χ3v) is 6.11. The number of hydrogen-bond acceptors (Lipinski definition) is 4. The van der Waals surface area contributed by atoms with Crippen molar-refractivity contribution in [2.45, 2.75) is 44.0 Å². The molecule has 6 nitrogen and oxygen atoms in total. The van der Waals surface area contributed by atoms with E-state index in [2.05, 4.69) is 15.2 Å². The minimum atomic E-state index is -3.54. The molecule has 1 aromatic heterocycles. The topological polar surface area (TPSA) is 79.0 Å². The molecule has 22 heavy (non-hydrogen) atoms. The fourth-order valence-corrected chi connectivity index (χ4v) is 4.81. The van der Waals surface area contributed by atoms with Crippen LogP contribution in [0.15, 0.2) is 29.2 Å². The maximum absolute atomic E-state index is 13.1. The van der Waals surface area contributed by atoms with E-state index in [1.54, 1.807) is 16.4 Å². The number of aromatic nitrogens is 3. The average molecular weight is 320 g/mol. The van der Waals surface area contributed by atoms with Crippen molar-refractivity contribution in [1.82, 2.24) is 19.5 Å². The van der Waals surface area contributed by atoms with Gasteiger partial charge in [-0.05, 0) is 38.3 Å². The lowest BCUT2D eigenvalue weighted by Gasteiger charge is -2.33. The molecule has 1 aliphatic heterocycles. The summed E-state index contributed by atoms with van der Waals surface area (Å²) in [6.07, 6.45) is 2.60. The van der Waals surface area contributed by atoms with Crippen molar-refractivity contribution in [3.05, 3.63) is 41.5 Å². The van der Waals surface area contributed by atoms with Crippen molar-refractivity contribution < 1.29 is 8.42 Å². The van der Waals surface area contributed by atoms with Crippen molar-refractivity contribution in [3.8, 4) is 0 Å². The van der Waals surface area contributed by atoms with Gasteiger partial charge in [0.2, 0.25) is 10.0 Å². The van der Waals surface area contributed by atoms with Crippen LogP contribution in [-0.4, -0.2) is 34.4 Å². The number of rotatable bonds is 3. The zero-order chi connectivity index (χ0) is 15.7. The predicted molar refractivity (Wildman–Crippen MR) is 82.8 cm³/mol. The zero-order valence-corrected chi connectivity index (χ0v) is 13.6. The highest BCUT2D eigenvalue weighted by molar-refractivity contribution is 7.89. The van der Waals surface area contributed by atoms with Crippen LogP contribution < -0.4 is 0 Å². The van der Waals surface area contributed by atoms with Crippen LogP contribution in [0.4, 0.5) is 0 Å². The van der Waals surface area contributed by atoms with Gasteiger partial charge in [0.25, 0.3) is 0 Å². The first-order valence-corrected chi connectivity index (χ1v) is 8.90. The van der Waals surface area contributed by atoms with Crippen molar-refractivity contribution >= 4 is 10.0 Å². The lowest BCUT2D eigenvalue weighted by atomic mass is 10.0. The van der Waals surface area contributed by atoms with Crippen molar-refractivity contribution in [3.63, 3.8) is 0 Å². The van der Waals surface area contributed by atoms with E-state index in [0.717, 1.165) is 24.8 Å². The maximum Gasteiger partial charge on any atom is 0.244 e. The lowest BCUT2D eigenvalue weighted by molar-refractivity contribution is 0.247. The third-order valence-electron chi connectivity index (χ3n) is 4.05. The number of benzene rings is 1. The SMILES string of the molecule is Cc1nc([C@@H]2CCCCN2S(=O)(=O)c2ccccc2C)n[nH]1. The smallest absolute Gasteiger partial charge is 0.244 e. The largest absolute Gasteiger partial charge is 0.263 e. The van der Waals surface area contributed by atoms with E-state index in [4.69, 9.17) is 0 Å². The van der Waals surface area contributed by atoms with Gasteiger partial charge in [-0.3, -0.25) is 5.10 Å². The molecule has 0 bridgehead atoms. The third kappa shape index (κ3) is 2.66. The molecule has 1 aromatic carbocycles. The summed E-state index contributed by atoms with van der Waals surface area (Å²) < 4.78 is 27.7. The summed E-state index contributed by atoms with van der Waals surface area (Å²) in [5, 5.41) is 6.98. The number of aromatic amines is 1. The summed E-state index contributed by atoms with van der Waals surface area (Å²) in [7, 11) is -3.54. The summed E-state index contributed by atoms with van der Waals surface area (Å²) >= 11 is 0. The van der Waals surface area contributed by atoms with Gasteiger partial charge in [0.1, 0.15) is 5.82 Å². The molecule has 0 saturated carbocycles. The average Bonchev–Trinajstić information content (AvgIpc) is 2.94. The van der Waals surface area contributed by atoms with E-state index in [1.807, 2.05) is 26.0 Å². The monoisotopic (exact) mass is 320 g/mol. The van der Waals surface area contributed by atoms with E-state index in [1.165, 1.54) is 0 Å². The summed E-state index contributed by atoms with van der Waals surface area (Å²) in [5.41, 5.74) is 0.762. The Labute approximate surface area is 130 Å². The van der Waals surface area contributed by atoms with Gasteiger partial charge in [-0.1, -0.05) is 24.6 Å². The highest BCUT2D eigenvalue weighted by Crippen LogP contribution is 2.34. The van der Waals surface area contributed by atoms with E-state index in [0.29, 0.717) is 23.1 Å². The fourth-order valence-electron chi connectivity index (χ4n) is 2.93. The van der Waals surface area contributed by atoms with Gasteiger partial charge < -0.3 is 0 Å². The van der Waals surface area contributed by atoms with Gasteiger partial charge >= 0.3 is 0 Å². The first kappa shape index (κ1) is 15.2. The molecule has 1 N–H and O–H groups in total. The Morgan fingerprint density at radius 1 is 1.23 bits per heavy atom. The molecule has 1 fully saturated rings. The van der Waals surface area contributed by atoms with E-state index in [-0.39, 0.29) is 6.04 Å². The molecule has 0 aliphatic carbocycles. The number of sulfonamides is 1. The molecular formula is C15H20N4O2S. The Morgan fingerprint density at radius 3 is 2.68 bits per heavy atom. The van der Waals surface area contributed by atoms with Gasteiger partial charge in [-0.2, -0.15) is 9.40 Å². The van der Waals surface area contributed by atoms with Crippen LogP contribution >= 0.6 is 0 Å². The van der Waals surface area contributed by atoms with Crippen LogP contribution in [0.1, 0.15) is 42.5 Å². The van der Waals surface area contributed by atoms with Crippen molar-refractivity contribution in [2.75, 3.05) is 6.54 Å². The fraction of sp³-hybridized carbons (Fsp3) is 0.467. The minimum Gasteiger partial charge on any atom is -0.263 e. The molecule has 1 saturated heterocycles. The maximum atomic E-state index is 13.1. The highest BCUT2D eigenvalue weighted by atomic mass is 32.2. The second kappa shape index (κ2) is 5.81. The Kier molecular flexibility index (Phi) is 4.01. The second-order valence-corrected chi connectivity index (χ2v) is 7.53. The highest BCUT2D eigenvalue weighted by Gasteiger charge is 2.36. The number of hydrogen-bond donors (Lipinski definition) is 1. The number of nitrogens with one attached hydrogen (secondary N) is 1. The van der Waals surface area contributed by atoms with Gasteiger partial charge in [-0.15, -0.1) is 0 Å². The number of aryl methyl sites for hydroxylation is 2. The molecule has 0 spiro atoms. The van der Waals surface area contributed by atoms with Gasteiger partial charge in [0.15, 0.2) is 5.82 Å². The number of H-pyrrole nitrogens is 1. The molecule has 118 valence electrons.